The molecule has 0 fully saturated rings. The molecule has 5 nitrogen and oxygen atoms in total. The molecule has 0 saturated carbocycles. The van der Waals surface area contributed by atoms with Gasteiger partial charge in [-0.25, -0.2) is 0 Å². The van der Waals surface area contributed by atoms with Crippen molar-refractivity contribution in [3.63, 3.8) is 0 Å². The number of carbonyl (C=O) groups is 2. The first kappa shape index (κ1) is 14.4. The fourth-order valence-corrected chi connectivity index (χ4v) is 1.81. The number of rotatable bonds is 5. The molecule has 0 spiro atoms. The van der Waals surface area contributed by atoms with Gasteiger partial charge in [0.2, 0.25) is 0 Å². The standard InChI is InChI=1S/C13H19NO4/c1-8-5-10(14-18-8)11(15)6-9(12(16)17)7-13(2,3)4/h5,9H,6-7H2,1-4H3,(H,16,17)/t9-/m0/s1. The van der Waals surface area contributed by atoms with Crippen LogP contribution in [0.3, 0.4) is 0 Å². The molecule has 0 amide bonds. The van der Waals surface area contributed by atoms with Gasteiger partial charge in [0.15, 0.2) is 5.78 Å². The Balaban J connectivity index is 2.73. The molecule has 0 radical (unpaired) electrons. The van der Waals surface area contributed by atoms with Crippen LogP contribution < -0.4 is 0 Å². The Kier molecular flexibility index (Phi) is 4.27. The summed E-state index contributed by atoms with van der Waals surface area (Å²) in [7, 11) is 0. The van der Waals surface area contributed by atoms with Gasteiger partial charge in [-0.2, -0.15) is 0 Å². The van der Waals surface area contributed by atoms with Gasteiger partial charge < -0.3 is 9.63 Å². The SMILES string of the molecule is Cc1cc(C(=O)C[C@@H](CC(C)(C)C)C(=O)O)no1. The number of aromatic nitrogens is 1. The normalized spacial score (nSPS) is 13.3. The van der Waals surface area contributed by atoms with Crippen molar-refractivity contribution in [1.29, 1.82) is 0 Å². The van der Waals surface area contributed by atoms with Crippen molar-refractivity contribution in [1.82, 2.24) is 5.16 Å². The maximum Gasteiger partial charge on any atom is 0.306 e. The quantitative estimate of drug-likeness (QED) is 0.816. The van der Waals surface area contributed by atoms with E-state index in [2.05, 4.69) is 5.16 Å². The number of ketones is 1. The molecule has 0 bridgehead atoms. The number of hydrogen-bond donors (Lipinski definition) is 1. The summed E-state index contributed by atoms with van der Waals surface area (Å²) in [5.74, 6) is -1.38. The van der Waals surface area contributed by atoms with Gasteiger partial charge in [0.05, 0.1) is 5.92 Å². The molecular weight excluding hydrogens is 234 g/mol. The second kappa shape index (κ2) is 5.33. The molecule has 0 aliphatic heterocycles. The lowest BCUT2D eigenvalue weighted by Gasteiger charge is -2.22. The molecule has 100 valence electrons. The number of aryl methyl sites for hydroxylation is 1. The zero-order valence-electron chi connectivity index (χ0n) is 11.2. The van der Waals surface area contributed by atoms with Crippen molar-refractivity contribution in [3.05, 3.63) is 17.5 Å². The summed E-state index contributed by atoms with van der Waals surface area (Å²) >= 11 is 0. The predicted octanol–water partition coefficient (Wildman–Crippen LogP) is 2.69. The number of nitrogens with zero attached hydrogens (tertiary/aromatic N) is 1. The summed E-state index contributed by atoms with van der Waals surface area (Å²) in [6.07, 6.45) is 0.406. The van der Waals surface area contributed by atoms with E-state index < -0.39 is 11.9 Å². The topological polar surface area (TPSA) is 80.4 Å². The lowest BCUT2D eigenvalue weighted by Crippen LogP contribution is -2.23. The smallest absolute Gasteiger partial charge is 0.306 e. The van der Waals surface area contributed by atoms with E-state index in [1.165, 1.54) is 6.07 Å². The van der Waals surface area contributed by atoms with Crippen LogP contribution in [-0.4, -0.2) is 22.0 Å². The van der Waals surface area contributed by atoms with E-state index in [4.69, 9.17) is 9.63 Å². The van der Waals surface area contributed by atoms with Gasteiger partial charge in [0.1, 0.15) is 11.5 Å². The van der Waals surface area contributed by atoms with E-state index in [-0.39, 0.29) is 23.3 Å². The summed E-state index contributed by atoms with van der Waals surface area (Å²) in [5.41, 5.74) is 0.0657. The Hall–Kier alpha value is -1.65. The Morgan fingerprint density at radius 1 is 1.44 bits per heavy atom. The highest BCUT2D eigenvalue weighted by molar-refractivity contribution is 5.96. The van der Waals surface area contributed by atoms with Crippen LogP contribution in [0.2, 0.25) is 0 Å². The molecule has 18 heavy (non-hydrogen) atoms. The fourth-order valence-electron chi connectivity index (χ4n) is 1.81. The zero-order valence-corrected chi connectivity index (χ0v) is 11.2. The van der Waals surface area contributed by atoms with Crippen LogP contribution in [0.4, 0.5) is 0 Å². The summed E-state index contributed by atoms with van der Waals surface area (Å²) in [6, 6.07) is 1.53. The van der Waals surface area contributed by atoms with Crippen LogP contribution in [0, 0.1) is 18.3 Å². The molecule has 1 atom stereocenters. The van der Waals surface area contributed by atoms with Crippen molar-refractivity contribution in [2.45, 2.75) is 40.5 Å². The monoisotopic (exact) mass is 253 g/mol. The van der Waals surface area contributed by atoms with Crippen LogP contribution in [-0.2, 0) is 4.79 Å². The van der Waals surface area contributed by atoms with E-state index in [9.17, 15) is 9.59 Å². The van der Waals surface area contributed by atoms with Crippen LogP contribution >= 0.6 is 0 Å². The molecule has 1 rings (SSSR count). The highest BCUT2D eigenvalue weighted by Crippen LogP contribution is 2.27. The molecule has 0 unspecified atom stereocenters. The van der Waals surface area contributed by atoms with Crippen molar-refractivity contribution >= 4 is 11.8 Å². The van der Waals surface area contributed by atoms with Crippen molar-refractivity contribution in [2.24, 2.45) is 11.3 Å². The number of carboxylic acid groups (broad SMARTS) is 1. The second-order valence-electron chi connectivity index (χ2n) is 5.75. The largest absolute Gasteiger partial charge is 0.481 e. The number of Topliss-reactive ketones (excluding diaryl/α,β-unsaturated/α-hetero) is 1. The van der Waals surface area contributed by atoms with Crippen LogP contribution in [0.15, 0.2) is 10.6 Å². The summed E-state index contributed by atoms with van der Waals surface area (Å²) in [5, 5.41) is 12.7. The van der Waals surface area contributed by atoms with Gasteiger partial charge in [-0.05, 0) is 18.8 Å². The molecule has 0 aliphatic carbocycles. The minimum Gasteiger partial charge on any atom is -0.481 e. The average molecular weight is 253 g/mol. The van der Waals surface area contributed by atoms with Crippen LogP contribution in [0.5, 0.6) is 0 Å². The maximum absolute atomic E-state index is 11.9. The Bertz CT molecular complexity index is 442. The Morgan fingerprint density at radius 2 is 2.06 bits per heavy atom. The van der Waals surface area contributed by atoms with Gasteiger partial charge in [0, 0.05) is 12.5 Å². The first-order chi connectivity index (χ1) is 8.19. The molecular formula is C13H19NO4. The van der Waals surface area contributed by atoms with E-state index in [1.807, 2.05) is 20.8 Å². The van der Waals surface area contributed by atoms with E-state index in [0.29, 0.717) is 12.2 Å². The van der Waals surface area contributed by atoms with Gasteiger partial charge >= 0.3 is 5.97 Å². The highest BCUT2D eigenvalue weighted by Gasteiger charge is 2.28. The minimum atomic E-state index is -0.946. The van der Waals surface area contributed by atoms with Crippen LogP contribution in [0.25, 0.3) is 0 Å². The second-order valence-corrected chi connectivity index (χ2v) is 5.75. The molecule has 0 saturated heterocycles. The molecule has 1 aromatic rings. The molecule has 5 heteroatoms. The van der Waals surface area contributed by atoms with Gasteiger partial charge in [-0.15, -0.1) is 0 Å². The highest BCUT2D eigenvalue weighted by atomic mass is 16.5. The fraction of sp³-hybridized carbons (Fsp3) is 0.615. The van der Waals surface area contributed by atoms with E-state index >= 15 is 0 Å². The predicted molar refractivity (Wildman–Crippen MR) is 65.4 cm³/mol. The third-order valence-electron chi connectivity index (χ3n) is 2.55. The van der Waals surface area contributed by atoms with Crippen LogP contribution in [0.1, 0.15) is 49.9 Å². The van der Waals surface area contributed by atoms with Gasteiger partial charge in [-0.1, -0.05) is 25.9 Å². The lowest BCUT2D eigenvalue weighted by molar-refractivity contribution is -0.142. The number of hydrogen-bond acceptors (Lipinski definition) is 4. The molecule has 0 aliphatic rings. The number of carbonyl (C=O) groups excluding carboxylic acids is 1. The molecule has 1 N–H and O–H groups in total. The third kappa shape index (κ3) is 4.31. The van der Waals surface area contributed by atoms with Gasteiger partial charge in [-0.3, -0.25) is 9.59 Å². The minimum absolute atomic E-state index is 0.0431. The van der Waals surface area contributed by atoms with E-state index in [0.717, 1.165) is 0 Å². The van der Waals surface area contributed by atoms with E-state index in [1.54, 1.807) is 6.92 Å². The Labute approximate surface area is 106 Å². The first-order valence-corrected chi connectivity index (χ1v) is 5.88. The lowest BCUT2D eigenvalue weighted by atomic mass is 9.82. The number of carboxylic acids is 1. The first-order valence-electron chi connectivity index (χ1n) is 5.88. The average Bonchev–Trinajstić information content (AvgIpc) is 2.61. The Morgan fingerprint density at radius 3 is 2.44 bits per heavy atom. The molecule has 1 heterocycles. The van der Waals surface area contributed by atoms with Crippen molar-refractivity contribution in [2.75, 3.05) is 0 Å². The zero-order chi connectivity index (χ0) is 13.9. The van der Waals surface area contributed by atoms with Crippen molar-refractivity contribution in [3.8, 4) is 0 Å². The summed E-state index contributed by atoms with van der Waals surface area (Å²) in [6.45, 7) is 7.54. The third-order valence-corrected chi connectivity index (χ3v) is 2.55. The van der Waals surface area contributed by atoms with Crippen molar-refractivity contribution < 1.29 is 19.2 Å². The molecule has 0 aromatic carbocycles. The summed E-state index contributed by atoms with van der Waals surface area (Å²) < 4.78 is 4.81. The van der Waals surface area contributed by atoms with Gasteiger partial charge in [0.25, 0.3) is 0 Å². The maximum atomic E-state index is 11.9. The number of aliphatic carboxylic acids is 1. The summed E-state index contributed by atoms with van der Waals surface area (Å²) in [4.78, 5) is 23.0. The molecule has 1 aromatic heterocycles.